The van der Waals surface area contributed by atoms with Crippen LogP contribution in [-0.4, -0.2) is 25.1 Å². The van der Waals surface area contributed by atoms with Gasteiger partial charge in [-0.1, -0.05) is 38.3 Å². The van der Waals surface area contributed by atoms with Gasteiger partial charge in [0.05, 0.1) is 12.2 Å². The average Bonchev–Trinajstić information content (AvgIpc) is 2.69. The van der Waals surface area contributed by atoms with E-state index in [0.717, 1.165) is 35.4 Å². The summed E-state index contributed by atoms with van der Waals surface area (Å²) < 4.78 is 10.8. The highest BCUT2D eigenvalue weighted by atomic mass is 16.5. The largest absolute Gasteiger partial charge is 0.494 e. The zero-order chi connectivity index (χ0) is 20.4. The Morgan fingerprint density at radius 1 is 0.964 bits per heavy atom. The van der Waals surface area contributed by atoms with Crippen LogP contribution in [0, 0.1) is 13.8 Å². The molecule has 0 saturated carbocycles. The highest BCUT2D eigenvalue weighted by molar-refractivity contribution is 5.96. The van der Waals surface area contributed by atoms with Crippen molar-refractivity contribution in [2.45, 2.75) is 46.5 Å². The van der Waals surface area contributed by atoms with Gasteiger partial charge >= 0.3 is 5.97 Å². The number of carbonyl (C=O) groups excluding carboxylic acids is 2. The number of amides is 1. The number of aryl methyl sites for hydroxylation is 2. The molecule has 0 bridgehead atoms. The summed E-state index contributed by atoms with van der Waals surface area (Å²) >= 11 is 0. The molecule has 0 atom stereocenters. The Morgan fingerprint density at radius 3 is 2.43 bits per heavy atom. The molecule has 0 fully saturated rings. The molecule has 0 saturated heterocycles. The molecule has 1 amide bonds. The fourth-order valence-corrected chi connectivity index (χ4v) is 2.68. The molecule has 0 radical (unpaired) electrons. The lowest BCUT2D eigenvalue weighted by atomic mass is 10.1. The second-order valence-corrected chi connectivity index (χ2v) is 6.88. The first-order valence-electron chi connectivity index (χ1n) is 9.76. The second-order valence-electron chi connectivity index (χ2n) is 6.88. The summed E-state index contributed by atoms with van der Waals surface area (Å²) in [6.45, 7) is 6.37. The molecular weight excluding hydrogens is 354 g/mol. The third-order valence-corrected chi connectivity index (χ3v) is 4.36. The lowest BCUT2D eigenvalue weighted by Crippen LogP contribution is -2.21. The number of ether oxygens (including phenoxy) is 2. The van der Waals surface area contributed by atoms with E-state index < -0.39 is 5.97 Å². The molecule has 150 valence electrons. The Bertz CT molecular complexity index is 784. The van der Waals surface area contributed by atoms with Crippen molar-refractivity contribution in [3.63, 3.8) is 0 Å². The first-order chi connectivity index (χ1) is 13.5. The number of carbonyl (C=O) groups is 2. The van der Waals surface area contributed by atoms with Crippen LogP contribution in [0.4, 0.5) is 5.69 Å². The monoisotopic (exact) mass is 383 g/mol. The molecule has 2 aromatic carbocycles. The van der Waals surface area contributed by atoms with E-state index in [1.165, 1.54) is 12.8 Å². The summed E-state index contributed by atoms with van der Waals surface area (Å²) in [4.78, 5) is 24.2. The summed E-state index contributed by atoms with van der Waals surface area (Å²) in [6.07, 6.45) is 4.59. The van der Waals surface area contributed by atoms with E-state index in [-0.39, 0.29) is 12.5 Å². The van der Waals surface area contributed by atoms with Gasteiger partial charge in [-0.15, -0.1) is 0 Å². The molecule has 0 spiro atoms. The van der Waals surface area contributed by atoms with Crippen LogP contribution in [0.25, 0.3) is 0 Å². The molecule has 0 aliphatic carbocycles. The van der Waals surface area contributed by atoms with Crippen LogP contribution >= 0.6 is 0 Å². The number of hydrogen-bond donors (Lipinski definition) is 1. The smallest absolute Gasteiger partial charge is 0.338 e. The Hall–Kier alpha value is -2.82. The van der Waals surface area contributed by atoms with Gasteiger partial charge in [0.25, 0.3) is 5.91 Å². The molecule has 1 N–H and O–H groups in total. The van der Waals surface area contributed by atoms with Gasteiger partial charge in [0.2, 0.25) is 0 Å². The molecule has 2 aromatic rings. The van der Waals surface area contributed by atoms with Gasteiger partial charge in [0, 0.05) is 5.69 Å². The van der Waals surface area contributed by atoms with Crippen molar-refractivity contribution in [1.82, 2.24) is 0 Å². The SMILES string of the molecule is CCCCCCOc1ccc(C(=O)OCC(=O)Nc2cc(C)ccc2C)cc1. The second kappa shape index (κ2) is 11.1. The van der Waals surface area contributed by atoms with E-state index in [0.29, 0.717) is 12.2 Å². The number of anilines is 1. The molecule has 5 nitrogen and oxygen atoms in total. The lowest BCUT2D eigenvalue weighted by molar-refractivity contribution is -0.119. The number of rotatable bonds is 10. The zero-order valence-corrected chi connectivity index (χ0v) is 16.9. The van der Waals surface area contributed by atoms with Crippen LogP contribution in [0.5, 0.6) is 5.75 Å². The third-order valence-electron chi connectivity index (χ3n) is 4.36. The van der Waals surface area contributed by atoms with Crippen molar-refractivity contribution in [3.05, 3.63) is 59.2 Å². The molecule has 2 rings (SSSR count). The van der Waals surface area contributed by atoms with Crippen LogP contribution in [0.3, 0.4) is 0 Å². The van der Waals surface area contributed by atoms with Crippen LogP contribution in [0.1, 0.15) is 54.1 Å². The summed E-state index contributed by atoms with van der Waals surface area (Å²) in [7, 11) is 0. The number of benzene rings is 2. The maximum absolute atomic E-state index is 12.1. The van der Waals surface area contributed by atoms with Crippen LogP contribution in [0.15, 0.2) is 42.5 Å². The molecule has 28 heavy (non-hydrogen) atoms. The minimum absolute atomic E-state index is 0.331. The summed E-state index contributed by atoms with van der Waals surface area (Å²) in [5.41, 5.74) is 3.11. The molecule has 0 heterocycles. The maximum atomic E-state index is 12.1. The van der Waals surface area contributed by atoms with Gasteiger partial charge < -0.3 is 14.8 Å². The number of nitrogens with one attached hydrogen (secondary N) is 1. The predicted octanol–water partition coefficient (Wildman–Crippen LogP) is 5.06. The quantitative estimate of drug-likeness (QED) is 0.460. The van der Waals surface area contributed by atoms with E-state index in [1.54, 1.807) is 24.3 Å². The Balaban J connectivity index is 1.77. The van der Waals surface area contributed by atoms with Crippen molar-refractivity contribution in [3.8, 4) is 5.75 Å². The van der Waals surface area contributed by atoms with Crippen molar-refractivity contribution in [1.29, 1.82) is 0 Å². The molecule has 0 unspecified atom stereocenters. The first kappa shape index (κ1) is 21.5. The van der Waals surface area contributed by atoms with Gasteiger partial charge in [-0.05, 0) is 61.7 Å². The zero-order valence-electron chi connectivity index (χ0n) is 16.9. The van der Waals surface area contributed by atoms with Gasteiger partial charge in [-0.25, -0.2) is 4.79 Å². The van der Waals surface area contributed by atoms with Gasteiger partial charge in [-0.2, -0.15) is 0 Å². The summed E-state index contributed by atoms with van der Waals surface area (Å²) in [6, 6.07) is 12.6. The van der Waals surface area contributed by atoms with Gasteiger partial charge in [-0.3, -0.25) is 4.79 Å². The first-order valence-corrected chi connectivity index (χ1v) is 9.76. The molecule has 5 heteroatoms. The maximum Gasteiger partial charge on any atom is 0.338 e. The lowest BCUT2D eigenvalue weighted by Gasteiger charge is -2.10. The normalized spacial score (nSPS) is 10.4. The van der Waals surface area contributed by atoms with Gasteiger partial charge in [0.1, 0.15) is 5.75 Å². The third kappa shape index (κ3) is 7.06. The van der Waals surface area contributed by atoms with E-state index in [2.05, 4.69) is 12.2 Å². The van der Waals surface area contributed by atoms with Crippen LogP contribution < -0.4 is 10.1 Å². The van der Waals surface area contributed by atoms with E-state index in [4.69, 9.17) is 9.47 Å². The number of unbranched alkanes of at least 4 members (excludes halogenated alkanes) is 3. The predicted molar refractivity (Wildman–Crippen MR) is 111 cm³/mol. The van der Waals surface area contributed by atoms with E-state index in [9.17, 15) is 9.59 Å². The highest BCUT2D eigenvalue weighted by Gasteiger charge is 2.11. The fraction of sp³-hybridized carbons (Fsp3) is 0.391. The molecule has 0 aromatic heterocycles. The molecule has 0 aliphatic rings. The van der Waals surface area contributed by atoms with E-state index in [1.807, 2.05) is 32.0 Å². The minimum atomic E-state index is -0.536. The van der Waals surface area contributed by atoms with Crippen LogP contribution in [0.2, 0.25) is 0 Å². The van der Waals surface area contributed by atoms with Crippen molar-refractivity contribution in [2.75, 3.05) is 18.5 Å². The average molecular weight is 383 g/mol. The van der Waals surface area contributed by atoms with Crippen molar-refractivity contribution < 1.29 is 19.1 Å². The number of esters is 1. The summed E-state index contributed by atoms with van der Waals surface area (Å²) in [5, 5.41) is 2.77. The molecular formula is C23H29NO4. The van der Waals surface area contributed by atoms with Crippen molar-refractivity contribution >= 4 is 17.6 Å². The Morgan fingerprint density at radius 2 is 1.71 bits per heavy atom. The number of hydrogen-bond acceptors (Lipinski definition) is 4. The molecule has 0 aliphatic heterocycles. The van der Waals surface area contributed by atoms with Crippen molar-refractivity contribution in [2.24, 2.45) is 0 Å². The fourth-order valence-electron chi connectivity index (χ4n) is 2.68. The van der Waals surface area contributed by atoms with Crippen LogP contribution in [-0.2, 0) is 9.53 Å². The standard InChI is InChI=1S/C23H29NO4/c1-4-5-6-7-14-27-20-12-10-19(11-13-20)23(26)28-16-22(25)24-21-15-17(2)8-9-18(21)3/h8-13,15H,4-7,14,16H2,1-3H3,(H,24,25). The Kier molecular flexibility index (Phi) is 8.53. The minimum Gasteiger partial charge on any atom is -0.494 e. The van der Waals surface area contributed by atoms with E-state index >= 15 is 0 Å². The summed E-state index contributed by atoms with van der Waals surface area (Å²) in [5.74, 6) is -0.180. The topological polar surface area (TPSA) is 64.6 Å². The van der Waals surface area contributed by atoms with Gasteiger partial charge in [0.15, 0.2) is 6.61 Å². The highest BCUT2D eigenvalue weighted by Crippen LogP contribution is 2.17. The Labute approximate surface area is 167 Å².